The van der Waals surface area contributed by atoms with E-state index in [1.165, 1.54) is 20.3 Å². The molecule has 6 atom stereocenters. The molecule has 0 aromatic rings. The van der Waals surface area contributed by atoms with Gasteiger partial charge in [-0.2, -0.15) is 0 Å². The first kappa shape index (κ1) is 34.7. The van der Waals surface area contributed by atoms with Crippen molar-refractivity contribution in [2.75, 3.05) is 14.2 Å². The molecule has 2 bridgehead atoms. The van der Waals surface area contributed by atoms with Crippen LogP contribution in [0.1, 0.15) is 54.4 Å². The third-order valence-electron chi connectivity index (χ3n) is 7.23. The first-order valence-corrected chi connectivity index (χ1v) is 14.0. The van der Waals surface area contributed by atoms with Gasteiger partial charge in [-0.05, 0) is 52.0 Å². The second kappa shape index (κ2) is 15.6. The molecule has 232 valence electrons. The Kier molecular flexibility index (Phi) is 12.9. The normalized spacial score (nSPS) is 31.9. The molecule has 1 aliphatic heterocycles. The van der Waals surface area contributed by atoms with E-state index in [9.17, 15) is 24.3 Å². The number of rotatable bonds is 5. The second-order valence-corrected chi connectivity index (χ2v) is 11.2. The fraction of sp³-hybridized carbons (Fsp3) is 0.548. The Morgan fingerprint density at radius 3 is 2.38 bits per heavy atom. The van der Waals surface area contributed by atoms with Crippen molar-refractivity contribution < 1.29 is 38.5 Å². The standard InChI is InChI=1S/C31H45N3O8/c1-16(2)33-26-21-12-17(3)13-25(41-8)27(36)19(5)14-20(6)29(42-31(32)39)24(40-7)11-9-10-18(4)30(38)34-22(28(21)37)15-23(26)35/h9-11,14-17,19,24-25,27,29,33,36H,12-13H2,1-8H3,(H2,32,39)(H,34,38)/b11-9-,18-10+,20-14+/t17-,19+,24-,25+,27-,29+/m1/s1. The molecule has 0 aromatic carbocycles. The number of Topliss-reactive ketones (excluding diaryl/α,β-unsaturated/α-hetero) is 1. The summed E-state index contributed by atoms with van der Waals surface area (Å²) in [4.78, 5) is 51.4. The molecule has 2 aliphatic rings. The van der Waals surface area contributed by atoms with E-state index in [4.69, 9.17) is 19.9 Å². The van der Waals surface area contributed by atoms with E-state index in [1.807, 2.05) is 27.7 Å². The molecule has 0 fully saturated rings. The van der Waals surface area contributed by atoms with Crippen LogP contribution in [0.5, 0.6) is 0 Å². The van der Waals surface area contributed by atoms with Gasteiger partial charge in [0.2, 0.25) is 11.6 Å². The van der Waals surface area contributed by atoms with Crippen LogP contribution in [0.3, 0.4) is 0 Å². The molecule has 1 aliphatic carbocycles. The van der Waals surface area contributed by atoms with Crippen molar-refractivity contribution in [3.05, 3.63) is 58.5 Å². The molecule has 11 heteroatoms. The van der Waals surface area contributed by atoms with E-state index >= 15 is 0 Å². The number of carbonyl (C=O) groups excluding carboxylic acids is 4. The number of nitrogens with one attached hydrogen (secondary N) is 2. The SMILES string of the molecule is CO[C@H]1C[C@H](C)CC2=C(NC(C)C)C(=O)C=C(NC(=O)/C(C)=C/C=C\[C@@H](OC)[C@@H](OC(N)=O)/C(C)=C/[C@H](C)[C@H]1O)C2=O. The summed E-state index contributed by atoms with van der Waals surface area (Å²) in [6.07, 6.45) is 3.89. The number of amides is 2. The maximum atomic E-state index is 13.6. The Morgan fingerprint density at radius 1 is 1.14 bits per heavy atom. The van der Waals surface area contributed by atoms with Gasteiger partial charge in [0, 0.05) is 43.4 Å². The van der Waals surface area contributed by atoms with E-state index in [0.29, 0.717) is 12.0 Å². The highest BCUT2D eigenvalue weighted by Gasteiger charge is 2.33. The Bertz CT molecular complexity index is 1200. The fourth-order valence-electron chi connectivity index (χ4n) is 5.03. The van der Waals surface area contributed by atoms with Crippen LogP contribution in [0, 0.1) is 11.8 Å². The van der Waals surface area contributed by atoms with Crippen LogP contribution in [0.2, 0.25) is 0 Å². The fourth-order valence-corrected chi connectivity index (χ4v) is 5.03. The number of nitrogens with two attached hydrogens (primary N) is 1. The van der Waals surface area contributed by atoms with Gasteiger partial charge in [-0.25, -0.2) is 4.79 Å². The predicted octanol–water partition coefficient (Wildman–Crippen LogP) is 2.76. The van der Waals surface area contributed by atoms with Gasteiger partial charge in [0.1, 0.15) is 6.10 Å². The van der Waals surface area contributed by atoms with Gasteiger partial charge >= 0.3 is 6.09 Å². The first-order valence-electron chi connectivity index (χ1n) is 14.0. The zero-order valence-electron chi connectivity index (χ0n) is 25.7. The molecule has 0 spiro atoms. The lowest BCUT2D eigenvalue weighted by atomic mass is 9.85. The molecule has 5 N–H and O–H groups in total. The zero-order chi connectivity index (χ0) is 31.7. The lowest BCUT2D eigenvalue weighted by molar-refractivity contribution is -0.120. The van der Waals surface area contributed by atoms with Crippen LogP contribution in [0.15, 0.2) is 58.5 Å². The first-order chi connectivity index (χ1) is 19.7. The lowest BCUT2D eigenvalue weighted by Gasteiger charge is -2.30. The number of aliphatic hydroxyl groups excluding tert-OH is 1. The highest BCUT2D eigenvalue weighted by molar-refractivity contribution is 6.23. The van der Waals surface area contributed by atoms with Crippen molar-refractivity contribution in [3.63, 3.8) is 0 Å². The van der Waals surface area contributed by atoms with Gasteiger partial charge in [0.05, 0.1) is 23.6 Å². The summed E-state index contributed by atoms with van der Waals surface area (Å²) in [5, 5.41) is 16.9. The second-order valence-electron chi connectivity index (χ2n) is 11.2. The minimum atomic E-state index is -0.997. The molecule has 2 amide bonds. The summed E-state index contributed by atoms with van der Waals surface area (Å²) in [7, 11) is 2.93. The van der Waals surface area contributed by atoms with Crippen LogP contribution in [-0.2, 0) is 28.6 Å². The number of allylic oxidation sites excluding steroid dienone is 4. The Hall–Kier alpha value is -3.54. The Morgan fingerprint density at radius 2 is 1.81 bits per heavy atom. The van der Waals surface area contributed by atoms with Crippen molar-refractivity contribution in [3.8, 4) is 0 Å². The number of ether oxygens (including phenoxy) is 3. The maximum Gasteiger partial charge on any atom is 0.405 e. The number of hydrogen-bond acceptors (Lipinski definition) is 9. The topological polar surface area (TPSA) is 166 Å². The number of fused-ring (bicyclic) bond motifs is 2. The minimum Gasteiger partial charge on any atom is -0.439 e. The van der Waals surface area contributed by atoms with Crippen molar-refractivity contribution in [2.45, 2.75) is 84.8 Å². The predicted molar refractivity (Wildman–Crippen MR) is 158 cm³/mol. The average Bonchev–Trinajstić information content (AvgIpc) is 2.91. The monoisotopic (exact) mass is 587 g/mol. The van der Waals surface area contributed by atoms with Crippen molar-refractivity contribution in [1.82, 2.24) is 10.6 Å². The summed E-state index contributed by atoms with van der Waals surface area (Å²) >= 11 is 0. The quantitative estimate of drug-likeness (QED) is 0.279. The van der Waals surface area contributed by atoms with Crippen LogP contribution in [0.4, 0.5) is 4.79 Å². The van der Waals surface area contributed by atoms with Crippen molar-refractivity contribution >= 4 is 23.6 Å². The summed E-state index contributed by atoms with van der Waals surface area (Å²) in [5.41, 5.74) is 6.54. The van der Waals surface area contributed by atoms with E-state index in [2.05, 4.69) is 10.6 Å². The van der Waals surface area contributed by atoms with Crippen LogP contribution < -0.4 is 16.4 Å². The summed E-state index contributed by atoms with van der Waals surface area (Å²) in [6.45, 7) is 10.7. The third-order valence-corrected chi connectivity index (χ3v) is 7.23. The summed E-state index contributed by atoms with van der Waals surface area (Å²) in [6, 6.07) is -0.110. The van der Waals surface area contributed by atoms with Crippen molar-refractivity contribution in [2.24, 2.45) is 17.6 Å². The maximum absolute atomic E-state index is 13.6. The van der Waals surface area contributed by atoms with Gasteiger partial charge in [-0.15, -0.1) is 0 Å². The average molecular weight is 588 g/mol. The highest BCUT2D eigenvalue weighted by Crippen LogP contribution is 2.29. The van der Waals surface area contributed by atoms with Crippen LogP contribution in [0.25, 0.3) is 0 Å². The van der Waals surface area contributed by atoms with Crippen LogP contribution in [-0.4, -0.2) is 73.4 Å². The van der Waals surface area contributed by atoms with E-state index in [0.717, 1.165) is 6.08 Å². The molecule has 0 aromatic heterocycles. The third kappa shape index (κ3) is 9.23. The van der Waals surface area contributed by atoms with Gasteiger partial charge in [-0.1, -0.05) is 38.2 Å². The summed E-state index contributed by atoms with van der Waals surface area (Å²) in [5.74, 6) is -2.05. The molecule has 0 saturated heterocycles. The van der Waals surface area contributed by atoms with E-state index < -0.39 is 53.9 Å². The molecule has 42 heavy (non-hydrogen) atoms. The Labute approximate surface area is 247 Å². The Balaban J connectivity index is 2.63. The molecular weight excluding hydrogens is 542 g/mol. The van der Waals surface area contributed by atoms with Gasteiger partial charge < -0.3 is 35.7 Å². The number of ketones is 2. The largest absolute Gasteiger partial charge is 0.439 e. The molecular formula is C31H45N3O8. The lowest BCUT2D eigenvalue weighted by Crippen LogP contribution is -2.38. The number of hydrogen-bond donors (Lipinski definition) is 4. The van der Waals surface area contributed by atoms with Gasteiger partial charge in [0.25, 0.3) is 5.91 Å². The zero-order valence-corrected chi connectivity index (χ0v) is 25.7. The molecule has 0 radical (unpaired) electrons. The molecule has 2 rings (SSSR count). The minimum absolute atomic E-state index is 0.110. The van der Waals surface area contributed by atoms with E-state index in [-0.39, 0.29) is 40.9 Å². The van der Waals surface area contributed by atoms with Gasteiger partial charge in [-0.3, -0.25) is 14.4 Å². The highest BCUT2D eigenvalue weighted by atomic mass is 16.6. The summed E-state index contributed by atoms with van der Waals surface area (Å²) < 4.78 is 16.6. The molecule has 1 heterocycles. The smallest absolute Gasteiger partial charge is 0.405 e. The molecule has 11 nitrogen and oxygen atoms in total. The van der Waals surface area contributed by atoms with Gasteiger partial charge in [0.15, 0.2) is 6.10 Å². The number of primary amides is 1. The number of methoxy groups -OCH3 is 2. The number of carbonyl (C=O) groups is 4. The number of aliphatic hydroxyl groups is 1. The van der Waals surface area contributed by atoms with Crippen LogP contribution >= 0.6 is 0 Å². The van der Waals surface area contributed by atoms with E-state index in [1.54, 1.807) is 32.1 Å². The van der Waals surface area contributed by atoms with Crippen molar-refractivity contribution in [1.29, 1.82) is 0 Å². The molecule has 0 unspecified atom stereocenters. The molecule has 0 saturated carbocycles.